The SMILES string of the molecule is CC(C)(CSc1ccc(N)cc1Br)C(=O)O. The van der Waals surface area contributed by atoms with Crippen molar-refractivity contribution in [3.63, 3.8) is 0 Å². The number of thioether (sulfide) groups is 1. The number of hydrogen-bond donors (Lipinski definition) is 2. The number of aliphatic carboxylic acids is 1. The third-order valence-corrected chi connectivity index (χ3v) is 4.57. The topological polar surface area (TPSA) is 63.3 Å². The van der Waals surface area contributed by atoms with Crippen LogP contribution in [-0.4, -0.2) is 16.8 Å². The Morgan fingerprint density at radius 3 is 2.69 bits per heavy atom. The van der Waals surface area contributed by atoms with E-state index in [1.165, 1.54) is 11.8 Å². The molecule has 0 aromatic heterocycles. The monoisotopic (exact) mass is 303 g/mol. The zero-order valence-corrected chi connectivity index (χ0v) is 11.6. The number of carboxylic acids is 1. The van der Waals surface area contributed by atoms with Gasteiger partial charge < -0.3 is 10.8 Å². The predicted octanol–water partition coefficient (Wildman–Crippen LogP) is 3.23. The summed E-state index contributed by atoms with van der Waals surface area (Å²) in [6.45, 7) is 3.43. The fourth-order valence-electron chi connectivity index (χ4n) is 0.954. The number of hydrogen-bond acceptors (Lipinski definition) is 3. The van der Waals surface area contributed by atoms with Crippen molar-refractivity contribution in [3.05, 3.63) is 22.7 Å². The van der Waals surface area contributed by atoms with Gasteiger partial charge in [0.1, 0.15) is 0 Å². The second-order valence-corrected chi connectivity index (χ2v) is 6.04. The van der Waals surface area contributed by atoms with Gasteiger partial charge in [0.15, 0.2) is 0 Å². The minimum Gasteiger partial charge on any atom is -0.481 e. The third kappa shape index (κ3) is 3.42. The van der Waals surface area contributed by atoms with Gasteiger partial charge in [0.05, 0.1) is 5.41 Å². The molecule has 0 spiro atoms. The fraction of sp³-hybridized carbons (Fsp3) is 0.364. The van der Waals surface area contributed by atoms with Gasteiger partial charge in [0.2, 0.25) is 0 Å². The average Bonchev–Trinajstić information content (AvgIpc) is 2.16. The van der Waals surface area contributed by atoms with E-state index in [1.807, 2.05) is 12.1 Å². The van der Waals surface area contributed by atoms with E-state index in [4.69, 9.17) is 10.8 Å². The standard InChI is InChI=1S/C11H14BrNO2S/c1-11(2,10(14)15)6-16-9-4-3-7(13)5-8(9)12/h3-5H,6,13H2,1-2H3,(H,14,15). The lowest BCUT2D eigenvalue weighted by atomic mass is 9.97. The van der Waals surface area contributed by atoms with Crippen molar-refractivity contribution in [2.75, 3.05) is 11.5 Å². The van der Waals surface area contributed by atoms with E-state index < -0.39 is 11.4 Å². The number of rotatable bonds is 4. The highest BCUT2D eigenvalue weighted by molar-refractivity contribution is 9.10. The summed E-state index contributed by atoms with van der Waals surface area (Å²) < 4.78 is 0.902. The Balaban J connectivity index is 2.72. The van der Waals surface area contributed by atoms with Gasteiger partial charge in [-0.15, -0.1) is 11.8 Å². The fourth-order valence-corrected chi connectivity index (χ4v) is 2.69. The van der Waals surface area contributed by atoms with Gasteiger partial charge in [0.25, 0.3) is 0 Å². The second-order valence-electron chi connectivity index (χ2n) is 4.17. The molecule has 5 heteroatoms. The summed E-state index contributed by atoms with van der Waals surface area (Å²) in [6.07, 6.45) is 0. The summed E-state index contributed by atoms with van der Waals surface area (Å²) in [5, 5.41) is 8.99. The van der Waals surface area contributed by atoms with Gasteiger partial charge in [-0.3, -0.25) is 4.79 Å². The molecule has 16 heavy (non-hydrogen) atoms. The minimum atomic E-state index is -0.786. The number of benzene rings is 1. The first kappa shape index (κ1) is 13.4. The van der Waals surface area contributed by atoms with E-state index in [-0.39, 0.29) is 0 Å². The Morgan fingerprint density at radius 1 is 1.56 bits per heavy atom. The number of nitrogen functional groups attached to an aromatic ring is 1. The summed E-state index contributed by atoms with van der Waals surface area (Å²) in [4.78, 5) is 11.9. The summed E-state index contributed by atoms with van der Waals surface area (Å²) in [5.41, 5.74) is 5.58. The van der Waals surface area contributed by atoms with Crippen LogP contribution in [0.1, 0.15) is 13.8 Å². The van der Waals surface area contributed by atoms with Crippen molar-refractivity contribution in [2.24, 2.45) is 5.41 Å². The van der Waals surface area contributed by atoms with Crippen LogP contribution in [-0.2, 0) is 4.79 Å². The van der Waals surface area contributed by atoms with Crippen LogP contribution in [0.3, 0.4) is 0 Å². The van der Waals surface area contributed by atoms with E-state index in [9.17, 15) is 4.79 Å². The van der Waals surface area contributed by atoms with E-state index in [2.05, 4.69) is 15.9 Å². The van der Waals surface area contributed by atoms with Gasteiger partial charge >= 0.3 is 5.97 Å². The summed E-state index contributed by atoms with van der Waals surface area (Å²) in [6, 6.07) is 5.51. The van der Waals surface area contributed by atoms with Gasteiger partial charge in [-0.1, -0.05) is 0 Å². The van der Waals surface area contributed by atoms with Crippen molar-refractivity contribution in [3.8, 4) is 0 Å². The van der Waals surface area contributed by atoms with Gasteiger partial charge in [-0.2, -0.15) is 0 Å². The molecule has 0 amide bonds. The molecule has 0 bridgehead atoms. The van der Waals surface area contributed by atoms with Crippen LogP contribution in [0.25, 0.3) is 0 Å². The first-order chi connectivity index (χ1) is 7.33. The Labute approximate surface area is 108 Å². The van der Waals surface area contributed by atoms with Crippen LogP contribution < -0.4 is 5.73 Å². The predicted molar refractivity (Wildman–Crippen MR) is 70.7 cm³/mol. The highest BCUT2D eigenvalue weighted by atomic mass is 79.9. The molecule has 0 aliphatic carbocycles. The van der Waals surface area contributed by atoms with Gasteiger partial charge in [-0.05, 0) is 48.0 Å². The lowest BCUT2D eigenvalue weighted by Gasteiger charge is -2.18. The van der Waals surface area contributed by atoms with Crippen LogP contribution in [0.15, 0.2) is 27.6 Å². The van der Waals surface area contributed by atoms with Crippen molar-refractivity contribution in [2.45, 2.75) is 18.7 Å². The normalized spacial score (nSPS) is 11.4. The molecule has 1 aromatic rings. The molecular formula is C11H14BrNO2S. The molecule has 0 radical (unpaired) electrons. The average molecular weight is 304 g/mol. The molecule has 0 heterocycles. The second kappa shape index (κ2) is 5.10. The molecule has 1 aromatic carbocycles. The molecule has 3 nitrogen and oxygen atoms in total. The Morgan fingerprint density at radius 2 is 2.19 bits per heavy atom. The maximum absolute atomic E-state index is 10.9. The Kier molecular flexibility index (Phi) is 4.27. The van der Waals surface area contributed by atoms with Crippen LogP contribution >= 0.6 is 27.7 Å². The third-order valence-electron chi connectivity index (χ3n) is 2.12. The Bertz CT molecular complexity index is 407. The number of carbonyl (C=O) groups is 1. The summed E-state index contributed by atoms with van der Waals surface area (Å²) in [5.74, 6) is -0.267. The molecule has 0 aliphatic heterocycles. The maximum Gasteiger partial charge on any atom is 0.309 e. The van der Waals surface area contributed by atoms with Crippen LogP contribution in [0.4, 0.5) is 5.69 Å². The molecule has 0 atom stereocenters. The van der Waals surface area contributed by atoms with E-state index in [1.54, 1.807) is 19.9 Å². The quantitative estimate of drug-likeness (QED) is 0.662. The summed E-state index contributed by atoms with van der Waals surface area (Å²) >= 11 is 4.91. The molecule has 1 rings (SSSR count). The van der Waals surface area contributed by atoms with Crippen molar-refractivity contribution in [1.82, 2.24) is 0 Å². The van der Waals surface area contributed by atoms with Crippen molar-refractivity contribution in [1.29, 1.82) is 0 Å². The largest absolute Gasteiger partial charge is 0.481 e. The van der Waals surface area contributed by atoms with Crippen LogP contribution in [0.2, 0.25) is 0 Å². The van der Waals surface area contributed by atoms with Gasteiger partial charge in [-0.25, -0.2) is 0 Å². The van der Waals surface area contributed by atoms with Crippen molar-refractivity contribution < 1.29 is 9.90 Å². The highest BCUT2D eigenvalue weighted by Crippen LogP contribution is 2.33. The molecule has 0 saturated heterocycles. The zero-order chi connectivity index (χ0) is 12.3. The maximum atomic E-state index is 10.9. The minimum absolute atomic E-state index is 0.519. The van der Waals surface area contributed by atoms with E-state index >= 15 is 0 Å². The zero-order valence-electron chi connectivity index (χ0n) is 9.16. The molecule has 88 valence electrons. The molecular weight excluding hydrogens is 290 g/mol. The highest BCUT2D eigenvalue weighted by Gasteiger charge is 2.27. The lowest BCUT2D eigenvalue weighted by Crippen LogP contribution is -2.26. The molecule has 0 aliphatic rings. The van der Waals surface area contributed by atoms with E-state index in [0.717, 1.165) is 9.37 Å². The van der Waals surface area contributed by atoms with Crippen molar-refractivity contribution >= 4 is 39.3 Å². The first-order valence-electron chi connectivity index (χ1n) is 4.74. The first-order valence-corrected chi connectivity index (χ1v) is 6.52. The lowest BCUT2D eigenvalue weighted by molar-refractivity contribution is -0.145. The number of halogens is 1. The van der Waals surface area contributed by atoms with E-state index in [0.29, 0.717) is 11.4 Å². The van der Waals surface area contributed by atoms with Gasteiger partial charge in [0, 0.05) is 20.8 Å². The molecule has 3 N–H and O–H groups in total. The molecule has 0 fully saturated rings. The van der Waals surface area contributed by atoms with Crippen LogP contribution in [0, 0.1) is 5.41 Å². The summed E-state index contributed by atoms with van der Waals surface area (Å²) in [7, 11) is 0. The van der Waals surface area contributed by atoms with Crippen LogP contribution in [0.5, 0.6) is 0 Å². The number of anilines is 1. The molecule has 0 saturated carbocycles. The smallest absolute Gasteiger partial charge is 0.309 e. The molecule has 0 unspecified atom stereocenters. The number of carboxylic acid groups (broad SMARTS) is 1. The number of nitrogens with two attached hydrogens (primary N) is 1. The Hall–Kier alpha value is -0.680.